The third kappa shape index (κ3) is 5.23. The lowest BCUT2D eigenvalue weighted by atomic mass is 9.82. The molecule has 0 atom stereocenters. The molecule has 0 aliphatic heterocycles. The van der Waals surface area contributed by atoms with Crippen molar-refractivity contribution < 1.29 is 0 Å². The Morgan fingerprint density at radius 3 is 1.45 bits per heavy atom. The lowest BCUT2D eigenvalue weighted by molar-refractivity contribution is 1.33. The van der Waals surface area contributed by atoms with Crippen LogP contribution in [0.3, 0.4) is 0 Å². The van der Waals surface area contributed by atoms with E-state index in [-0.39, 0.29) is 0 Å². The predicted octanol–water partition coefficient (Wildman–Crippen LogP) is 16.4. The van der Waals surface area contributed by atoms with Crippen LogP contribution in [0.15, 0.2) is 219 Å². The maximum absolute atomic E-state index is 5.46. The van der Waals surface area contributed by atoms with Crippen LogP contribution in [-0.4, -0.2) is 9.97 Å². The Morgan fingerprint density at radius 2 is 0.774 bits per heavy atom. The number of hydrogen-bond donors (Lipinski definition) is 0. The molecule has 0 saturated heterocycles. The molecule has 0 bridgehead atoms. The number of aromatic nitrogens is 2. The summed E-state index contributed by atoms with van der Waals surface area (Å²) >= 11 is 0. The second-order valence-corrected chi connectivity index (χ2v) is 16.4. The first-order valence-electron chi connectivity index (χ1n) is 21.3. The van der Waals surface area contributed by atoms with Crippen molar-refractivity contribution in [1.29, 1.82) is 0 Å². The normalized spacial score (nSPS) is 11.9. The highest BCUT2D eigenvalue weighted by Crippen LogP contribution is 2.49. The quantitative estimate of drug-likeness (QED) is 0.131. The first kappa shape index (κ1) is 34.6. The summed E-state index contributed by atoms with van der Waals surface area (Å²) < 4.78 is 0. The van der Waals surface area contributed by atoms with Crippen LogP contribution in [0, 0.1) is 0 Å². The van der Waals surface area contributed by atoms with Crippen LogP contribution in [0.1, 0.15) is 0 Å². The molecule has 62 heavy (non-hydrogen) atoms. The lowest BCUT2D eigenvalue weighted by Crippen LogP contribution is -1.95. The van der Waals surface area contributed by atoms with E-state index in [0.717, 1.165) is 44.2 Å². The molecule has 0 unspecified atom stereocenters. The molecule has 0 radical (unpaired) electrons. The van der Waals surface area contributed by atoms with Crippen LogP contribution in [0.25, 0.3) is 131 Å². The molecular formula is C60H36N2. The number of benzene rings is 11. The monoisotopic (exact) mass is 784 g/mol. The van der Waals surface area contributed by atoms with Crippen molar-refractivity contribution in [2.75, 3.05) is 0 Å². The zero-order valence-electron chi connectivity index (χ0n) is 33.7. The maximum Gasteiger partial charge on any atom is 0.0787 e. The van der Waals surface area contributed by atoms with Gasteiger partial charge in [0.2, 0.25) is 0 Å². The molecule has 0 aliphatic carbocycles. The van der Waals surface area contributed by atoms with Crippen molar-refractivity contribution in [2.45, 2.75) is 0 Å². The molecule has 2 aromatic heterocycles. The van der Waals surface area contributed by atoms with Crippen LogP contribution in [0.5, 0.6) is 0 Å². The third-order valence-electron chi connectivity index (χ3n) is 13.0. The Hall–Kier alpha value is -8.20. The number of rotatable bonds is 4. The Bertz CT molecular complexity index is 3990. The molecule has 286 valence electrons. The number of fused-ring (bicyclic) bond motifs is 11. The van der Waals surface area contributed by atoms with Crippen molar-refractivity contribution in [3.05, 3.63) is 219 Å². The summed E-state index contributed by atoms with van der Waals surface area (Å²) in [5.41, 5.74) is 9.93. The van der Waals surface area contributed by atoms with E-state index in [4.69, 9.17) is 9.97 Å². The molecule has 2 heteroatoms. The Morgan fingerprint density at radius 1 is 0.274 bits per heavy atom. The molecule has 0 aliphatic rings. The molecule has 0 saturated carbocycles. The van der Waals surface area contributed by atoms with E-state index >= 15 is 0 Å². The first-order chi connectivity index (χ1) is 30.8. The van der Waals surface area contributed by atoms with Crippen LogP contribution in [0.4, 0.5) is 0 Å². The minimum Gasteiger partial charge on any atom is -0.256 e. The van der Waals surface area contributed by atoms with Crippen LogP contribution >= 0.6 is 0 Å². The van der Waals surface area contributed by atoms with Crippen molar-refractivity contribution in [1.82, 2.24) is 9.97 Å². The van der Waals surface area contributed by atoms with Crippen LogP contribution in [-0.2, 0) is 0 Å². The van der Waals surface area contributed by atoms with E-state index in [0.29, 0.717) is 0 Å². The number of nitrogens with zero attached hydrogens (tertiary/aromatic N) is 2. The minimum absolute atomic E-state index is 0.925. The summed E-state index contributed by atoms with van der Waals surface area (Å²) in [6, 6.07) is 77.6. The summed E-state index contributed by atoms with van der Waals surface area (Å²) in [6.45, 7) is 0. The van der Waals surface area contributed by atoms with Crippen molar-refractivity contribution in [3.63, 3.8) is 0 Å². The van der Waals surface area contributed by atoms with Crippen molar-refractivity contribution in [3.8, 4) is 44.8 Å². The molecule has 0 spiro atoms. The Balaban J connectivity index is 1.14. The highest BCUT2D eigenvalue weighted by Gasteiger charge is 2.22. The molecule has 13 aromatic rings. The van der Waals surface area contributed by atoms with Gasteiger partial charge >= 0.3 is 0 Å². The van der Waals surface area contributed by atoms with E-state index in [2.05, 4.69) is 206 Å². The highest BCUT2D eigenvalue weighted by atomic mass is 14.7. The fourth-order valence-electron chi connectivity index (χ4n) is 10.3. The van der Waals surface area contributed by atoms with Gasteiger partial charge in [-0.3, -0.25) is 4.98 Å². The molecule has 11 aromatic carbocycles. The second-order valence-electron chi connectivity index (χ2n) is 16.4. The summed E-state index contributed by atoms with van der Waals surface area (Å²) in [5.74, 6) is 0. The van der Waals surface area contributed by atoms with Gasteiger partial charge in [-0.1, -0.05) is 176 Å². The SMILES string of the molecule is c1cc(-c2ccc3c(-c4cc5ccccc5c5ccccc45)c4ccccc4c(-c4cc5ccccc5c5ccccc45)c3c2)nc(-c2cccc3ccc4cccnc4c23)c1. The third-order valence-corrected chi connectivity index (χ3v) is 13.0. The standard InChI is InChI=1S/C60H36N2/c1-3-18-42-39(14-1)34-52(46-22-7-5-20-44(42)46)58-48-24-9-10-25-49(48)59(53-35-40-15-2-4-19-43(40)45-21-6-8-23-47(45)53)54-36-41(31-32-50(54)58)55-27-12-28-56(62-55)51-26-11-16-37-29-30-38-17-13-33-61-60(38)57(37)51/h1-36H. The fraction of sp³-hybridized carbons (Fsp3) is 0. The maximum atomic E-state index is 5.46. The van der Waals surface area contributed by atoms with E-state index in [1.54, 1.807) is 0 Å². The Labute approximate surface area is 358 Å². The lowest BCUT2D eigenvalue weighted by Gasteiger charge is -2.21. The van der Waals surface area contributed by atoms with Gasteiger partial charge < -0.3 is 0 Å². The van der Waals surface area contributed by atoms with Gasteiger partial charge in [0.1, 0.15) is 0 Å². The molecule has 2 heterocycles. The molecule has 0 N–H and O–H groups in total. The molecule has 0 amide bonds. The van der Waals surface area contributed by atoms with E-state index in [9.17, 15) is 0 Å². The van der Waals surface area contributed by atoms with Gasteiger partial charge in [0.15, 0.2) is 0 Å². The topological polar surface area (TPSA) is 25.8 Å². The van der Waals surface area contributed by atoms with E-state index < -0.39 is 0 Å². The van der Waals surface area contributed by atoms with Crippen LogP contribution < -0.4 is 0 Å². The molecule has 13 rings (SSSR count). The van der Waals surface area contributed by atoms with Gasteiger partial charge in [0, 0.05) is 28.1 Å². The van der Waals surface area contributed by atoms with E-state index in [1.807, 2.05) is 12.3 Å². The van der Waals surface area contributed by atoms with E-state index in [1.165, 1.54) is 86.9 Å². The minimum atomic E-state index is 0.925. The zero-order valence-corrected chi connectivity index (χ0v) is 33.7. The Kier molecular flexibility index (Phi) is 7.64. The second kappa shape index (κ2) is 13.7. The average Bonchev–Trinajstić information content (AvgIpc) is 3.35. The van der Waals surface area contributed by atoms with Gasteiger partial charge in [0.05, 0.1) is 16.9 Å². The summed E-state index contributed by atoms with van der Waals surface area (Å²) in [4.78, 5) is 10.3. The summed E-state index contributed by atoms with van der Waals surface area (Å²) in [6.07, 6.45) is 1.88. The molecule has 2 nitrogen and oxygen atoms in total. The summed E-state index contributed by atoms with van der Waals surface area (Å²) in [7, 11) is 0. The van der Waals surface area contributed by atoms with Gasteiger partial charge in [0.25, 0.3) is 0 Å². The van der Waals surface area contributed by atoms with Gasteiger partial charge in [-0.15, -0.1) is 0 Å². The van der Waals surface area contributed by atoms with Gasteiger partial charge in [-0.2, -0.15) is 0 Å². The predicted molar refractivity (Wildman–Crippen MR) is 264 cm³/mol. The average molecular weight is 785 g/mol. The molecular weight excluding hydrogens is 749 g/mol. The van der Waals surface area contributed by atoms with Crippen molar-refractivity contribution >= 4 is 86.3 Å². The summed E-state index contributed by atoms with van der Waals surface area (Å²) in [5, 5.41) is 18.3. The fourth-order valence-corrected chi connectivity index (χ4v) is 10.3. The molecule has 0 fully saturated rings. The first-order valence-corrected chi connectivity index (χ1v) is 21.3. The smallest absolute Gasteiger partial charge is 0.0787 e. The van der Waals surface area contributed by atoms with Gasteiger partial charge in [-0.05, 0) is 129 Å². The largest absolute Gasteiger partial charge is 0.256 e. The highest BCUT2D eigenvalue weighted by molar-refractivity contribution is 6.28. The van der Waals surface area contributed by atoms with Gasteiger partial charge in [-0.25, -0.2) is 4.98 Å². The number of hydrogen-bond acceptors (Lipinski definition) is 2. The zero-order chi connectivity index (χ0) is 40.7. The number of pyridine rings is 2. The van der Waals surface area contributed by atoms with Crippen molar-refractivity contribution in [2.24, 2.45) is 0 Å². The van der Waals surface area contributed by atoms with Crippen LogP contribution in [0.2, 0.25) is 0 Å².